The van der Waals surface area contributed by atoms with E-state index >= 15 is 0 Å². The van der Waals surface area contributed by atoms with Gasteiger partial charge >= 0.3 is 35.0 Å². The first-order valence-corrected chi connectivity index (χ1v) is 7.55. The molecule has 0 spiro atoms. The van der Waals surface area contributed by atoms with Gasteiger partial charge in [-0.15, -0.1) is 0 Å². The van der Waals surface area contributed by atoms with Crippen molar-refractivity contribution in [3.05, 3.63) is 0 Å². The first-order valence-electron chi connectivity index (χ1n) is 1.13. The van der Waals surface area contributed by atoms with E-state index in [9.17, 15) is 5.78 Å². The van der Waals surface area contributed by atoms with Crippen LogP contribution in [0.15, 0.2) is 0 Å². The van der Waals surface area contributed by atoms with Crippen molar-refractivity contribution in [1.82, 2.24) is 0 Å². The summed E-state index contributed by atoms with van der Waals surface area (Å²) in [6.45, 7) is 0. The Balaban J connectivity index is 3.02. The van der Waals surface area contributed by atoms with Gasteiger partial charge in [-0.05, 0) is 0 Å². The molecule has 0 radical (unpaired) electrons. The summed E-state index contributed by atoms with van der Waals surface area (Å²) in [6, 6.07) is 0. The zero-order valence-electron chi connectivity index (χ0n) is 3.16. The molecule has 0 unspecified atom stereocenters. The van der Waals surface area contributed by atoms with Gasteiger partial charge in [-0.2, -0.15) is 0 Å². The van der Waals surface area contributed by atoms with Gasteiger partial charge in [0.05, 0.1) is 0 Å². The average Bonchev–Trinajstić information content (AvgIpc) is 0.722. The van der Waals surface area contributed by atoms with Gasteiger partial charge in [0.1, 0.15) is 0 Å². The van der Waals surface area contributed by atoms with Gasteiger partial charge in [0.2, 0.25) is 0 Å². The molecule has 0 N–H and O–H groups in total. The molecule has 0 aliphatic rings. The Kier molecular flexibility index (Phi) is 1.58. The minimum absolute atomic E-state index is 1.04. The minimum atomic E-state index is -4.02. The van der Waals surface area contributed by atoms with Crippen LogP contribution in [0.4, 0.5) is 5.78 Å². The van der Waals surface area contributed by atoms with E-state index < -0.39 is 19.3 Å². The number of hydrogen-bond acceptors (Lipinski definition) is 0. The van der Waals surface area contributed by atoms with Crippen molar-refractivity contribution < 1.29 is 5.78 Å². The third kappa shape index (κ3) is 77.4. The summed E-state index contributed by atoms with van der Waals surface area (Å²) >= 11 is -4.02. The van der Waals surface area contributed by atoms with Crippen molar-refractivity contribution in [2.75, 3.05) is 0 Å². The molecule has 0 fully saturated rings. The van der Waals surface area contributed by atoms with Gasteiger partial charge in [-0.25, -0.2) is 0 Å². The van der Waals surface area contributed by atoms with Crippen molar-refractivity contribution in [1.29, 1.82) is 0 Å². The van der Waals surface area contributed by atoms with Crippen LogP contribution in [0.25, 0.3) is 0 Å². The second-order valence-electron chi connectivity index (χ2n) is 1.08. The molecule has 0 amide bonds. The molecule has 0 aliphatic carbocycles. The summed E-state index contributed by atoms with van der Waals surface area (Å²) in [4.78, 5) is 2.09. The van der Waals surface area contributed by atoms with Gasteiger partial charge in [-0.1, -0.05) is 0 Å². The topological polar surface area (TPSA) is 0 Å². The predicted octanol–water partition coefficient (Wildman–Crippen LogP) is 1.63. The maximum atomic E-state index is 11.2. The fourth-order valence-electron chi connectivity index (χ4n) is 0. The molecule has 0 saturated heterocycles. The summed E-state index contributed by atoms with van der Waals surface area (Å²) in [7, 11) is 0. The second-order valence-corrected chi connectivity index (χ2v) is 7.27. The monoisotopic (exact) mass is 198 g/mol. The average molecular weight is 196 g/mol. The molecular formula is C2H6F2Te. The first-order chi connectivity index (χ1) is 2.00. The molecule has 0 heterocycles. The Hall–Kier alpha value is 0.650. The van der Waals surface area contributed by atoms with Crippen LogP contribution in [0, 0.1) is 0 Å². The summed E-state index contributed by atoms with van der Waals surface area (Å²) in [5.74, 6) is 0. The molecule has 0 aromatic carbocycles. The Morgan fingerprint density at radius 1 is 1.20 bits per heavy atom. The van der Waals surface area contributed by atoms with Crippen LogP contribution >= 0.6 is 0 Å². The van der Waals surface area contributed by atoms with E-state index in [-0.39, 0.29) is 0 Å². The Morgan fingerprint density at radius 3 is 1.20 bits per heavy atom. The molecule has 34 valence electrons. The van der Waals surface area contributed by atoms with Crippen LogP contribution in [-0.2, 0) is 0 Å². The van der Waals surface area contributed by atoms with Gasteiger partial charge in [0, 0.05) is 0 Å². The molecule has 0 bridgehead atoms. The first kappa shape index (κ1) is 5.65. The fraction of sp³-hybridized carbons (Fsp3) is 1.00. The molecule has 3 heteroatoms. The van der Waals surface area contributed by atoms with Gasteiger partial charge in [-0.3, -0.25) is 0 Å². The van der Waals surface area contributed by atoms with E-state index in [0.717, 1.165) is 9.94 Å². The van der Waals surface area contributed by atoms with Gasteiger partial charge in [0.15, 0.2) is 0 Å². The number of hydrogen-bond donors (Lipinski definition) is 0. The van der Waals surface area contributed by atoms with Crippen LogP contribution in [0.3, 0.4) is 0 Å². The molecule has 0 atom stereocenters. The van der Waals surface area contributed by atoms with Crippen molar-refractivity contribution in [3.8, 4) is 0 Å². The standard InChI is InChI=1S/C2H6F2Te/c1-5(2,3)4/h1-2H3. The molecular weight excluding hydrogens is 190 g/mol. The Morgan fingerprint density at radius 2 is 1.20 bits per heavy atom. The normalized spacial score (nSPS) is 15.2. The fourth-order valence-corrected chi connectivity index (χ4v) is 0. The van der Waals surface area contributed by atoms with Crippen molar-refractivity contribution >= 4 is 19.3 Å². The summed E-state index contributed by atoms with van der Waals surface area (Å²) in [5, 5.41) is 0. The van der Waals surface area contributed by atoms with E-state index in [4.69, 9.17) is 0 Å². The zero-order valence-corrected chi connectivity index (χ0v) is 5.49. The van der Waals surface area contributed by atoms with Crippen molar-refractivity contribution in [2.45, 2.75) is 9.94 Å². The molecule has 0 rings (SSSR count). The summed E-state index contributed by atoms with van der Waals surface area (Å²) < 4.78 is 22.4. The van der Waals surface area contributed by atoms with Gasteiger partial charge in [0.25, 0.3) is 0 Å². The molecule has 0 saturated carbocycles. The van der Waals surface area contributed by atoms with E-state index in [1.54, 1.807) is 0 Å². The van der Waals surface area contributed by atoms with Crippen LogP contribution < -0.4 is 0 Å². The molecule has 0 nitrogen and oxygen atoms in total. The second kappa shape index (κ2) is 1.40. The third-order valence-electron chi connectivity index (χ3n) is 0. The van der Waals surface area contributed by atoms with E-state index in [1.165, 1.54) is 0 Å². The Bertz CT molecular complexity index is 23.1. The Labute approximate surface area is 35.5 Å². The number of halogens is 2. The third-order valence-corrected chi connectivity index (χ3v) is 0. The predicted molar refractivity (Wildman–Crippen MR) is 19.7 cm³/mol. The van der Waals surface area contributed by atoms with Gasteiger partial charge < -0.3 is 0 Å². The molecule has 0 aliphatic heterocycles. The van der Waals surface area contributed by atoms with E-state index in [2.05, 4.69) is 0 Å². The maximum absolute atomic E-state index is 11.2. The van der Waals surface area contributed by atoms with Crippen LogP contribution in [0.5, 0.6) is 0 Å². The van der Waals surface area contributed by atoms with Crippen molar-refractivity contribution in [3.63, 3.8) is 0 Å². The van der Waals surface area contributed by atoms with E-state index in [1.807, 2.05) is 0 Å². The number of rotatable bonds is 0. The molecule has 5 heavy (non-hydrogen) atoms. The van der Waals surface area contributed by atoms with Crippen molar-refractivity contribution in [2.24, 2.45) is 0 Å². The zero-order chi connectivity index (χ0) is 4.50. The summed E-state index contributed by atoms with van der Waals surface area (Å²) in [6.07, 6.45) is 0. The van der Waals surface area contributed by atoms with Crippen LogP contribution in [-0.4, -0.2) is 19.3 Å². The van der Waals surface area contributed by atoms with Crippen LogP contribution in [0.2, 0.25) is 9.94 Å². The summed E-state index contributed by atoms with van der Waals surface area (Å²) in [5.41, 5.74) is 0. The molecule has 0 aromatic heterocycles. The quantitative estimate of drug-likeness (QED) is 0.516. The van der Waals surface area contributed by atoms with Crippen LogP contribution in [0.1, 0.15) is 0 Å². The SMILES string of the molecule is C[Te](C)(F)F. The van der Waals surface area contributed by atoms with E-state index in [0.29, 0.717) is 0 Å². The molecule has 0 aromatic rings.